The summed E-state index contributed by atoms with van der Waals surface area (Å²) in [5.74, 6) is -2.18. The Morgan fingerprint density at radius 1 is 1.10 bits per heavy atom. The predicted molar refractivity (Wildman–Crippen MR) is 73.3 cm³/mol. The number of nitrogens with zero attached hydrogens (tertiary/aromatic N) is 1. The number of carbonyl (C=O) groups is 1. The molecule has 3 rings (SSSR count). The molecule has 3 aromatic rings. The average molecular weight is 287 g/mol. The first-order valence-electron chi connectivity index (χ1n) is 6.33. The Balaban J connectivity index is 2.10. The lowest BCUT2D eigenvalue weighted by Gasteiger charge is -2.02. The van der Waals surface area contributed by atoms with E-state index in [0.29, 0.717) is 11.1 Å². The van der Waals surface area contributed by atoms with Crippen molar-refractivity contribution in [3.63, 3.8) is 0 Å². The Bertz CT molecular complexity index is 868. The van der Waals surface area contributed by atoms with Gasteiger partial charge in [-0.2, -0.15) is 0 Å². The van der Waals surface area contributed by atoms with Crippen molar-refractivity contribution in [2.45, 2.75) is 13.8 Å². The highest BCUT2D eigenvalue weighted by Gasteiger charge is 2.20. The summed E-state index contributed by atoms with van der Waals surface area (Å²) in [5, 5.41) is 0. The molecule has 0 saturated carbocycles. The highest BCUT2D eigenvalue weighted by Crippen LogP contribution is 2.23. The normalized spacial score (nSPS) is 11.0. The summed E-state index contributed by atoms with van der Waals surface area (Å²) in [6.45, 7) is 3.24. The molecule has 2 aromatic heterocycles. The van der Waals surface area contributed by atoms with Gasteiger partial charge in [-0.15, -0.1) is 0 Å². The van der Waals surface area contributed by atoms with Gasteiger partial charge in [0.05, 0.1) is 5.56 Å². The Hall–Kier alpha value is -2.56. The number of rotatable bonds is 2. The van der Waals surface area contributed by atoms with Crippen molar-refractivity contribution >= 4 is 16.9 Å². The molecule has 0 fully saturated rings. The molecule has 2 heterocycles. The smallest absolute Gasteiger partial charge is 0.231 e. The maximum Gasteiger partial charge on any atom is 0.231 e. The zero-order valence-electron chi connectivity index (χ0n) is 11.4. The minimum atomic E-state index is -0.775. The van der Waals surface area contributed by atoms with E-state index in [1.165, 1.54) is 13.0 Å². The molecule has 21 heavy (non-hydrogen) atoms. The number of ketones is 1. The molecule has 0 aliphatic heterocycles. The van der Waals surface area contributed by atoms with Crippen molar-refractivity contribution in [1.82, 2.24) is 4.98 Å². The van der Waals surface area contributed by atoms with Crippen LogP contribution in [-0.2, 0) is 0 Å². The Morgan fingerprint density at radius 3 is 2.62 bits per heavy atom. The van der Waals surface area contributed by atoms with E-state index >= 15 is 0 Å². The SMILES string of the molecule is Cc1ccc2oc(C(=O)c3cc(F)c(C)cc3F)cc2n1. The maximum absolute atomic E-state index is 13.8. The summed E-state index contributed by atoms with van der Waals surface area (Å²) in [7, 11) is 0. The van der Waals surface area contributed by atoms with Gasteiger partial charge >= 0.3 is 0 Å². The summed E-state index contributed by atoms with van der Waals surface area (Å²) < 4.78 is 32.7. The van der Waals surface area contributed by atoms with Gasteiger partial charge in [-0.05, 0) is 43.7 Å². The van der Waals surface area contributed by atoms with Crippen molar-refractivity contribution in [1.29, 1.82) is 0 Å². The molecule has 3 nitrogen and oxygen atoms in total. The van der Waals surface area contributed by atoms with Crippen molar-refractivity contribution in [3.8, 4) is 0 Å². The largest absolute Gasteiger partial charge is 0.451 e. The van der Waals surface area contributed by atoms with Crippen LogP contribution in [0.5, 0.6) is 0 Å². The molecule has 1 aromatic carbocycles. The average Bonchev–Trinajstić information content (AvgIpc) is 2.85. The minimum Gasteiger partial charge on any atom is -0.451 e. The van der Waals surface area contributed by atoms with Crippen LogP contribution < -0.4 is 0 Å². The molecule has 5 heteroatoms. The third-order valence-corrected chi connectivity index (χ3v) is 3.23. The van der Waals surface area contributed by atoms with E-state index in [2.05, 4.69) is 4.98 Å². The second-order valence-electron chi connectivity index (χ2n) is 4.86. The number of furan rings is 1. The lowest BCUT2D eigenvalue weighted by Crippen LogP contribution is -2.04. The van der Waals surface area contributed by atoms with Gasteiger partial charge in [0.25, 0.3) is 0 Å². The summed E-state index contributed by atoms with van der Waals surface area (Å²) in [6, 6.07) is 6.74. The highest BCUT2D eigenvalue weighted by molar-refractivity contribution is 6.08. The first kappa shape index (κ1) is 13.4. The quantitative estimate of drug-likeness (QED) is 0.670. The standard InChI is InChI=1S/C16H11F2NO2/c1-8-5-12(18)10(6-11(8)17)16(20)15-7-13-14(21-15)4-3-9(2)19-13/h3-7H,1-2H3. The number of aromatic nitrogens is 1. The molecule has 0 unspecified atom stereocenters. The molecule has 0 aliphatic carbocycles. The van der Waals surface area contributed by atoms with Crippen LogP contribution in [0.2, 0.25) is 0 Å². The van der Waals surface area contributed by atoms with Gasteiger partial charge in [-0.25, -0.2) is 13.8 Å². The van der Waals surface area contributed by atoms with Gasteiger partial charge in [-0.1, -0.05) is 0 Å². The van der Waals surface area contributed by atoms with E-state index in [4.69, 9.17) is 4.42 Å². The van der Waals surface area contributed by atoms with Crippen molar-refractivity contribution in [2.75, 3.05) is 0 Å². The fourth-order valence-electron chi connectivity index (χ4n) is 2.09. The molecule has 0 saturated heterocycles. The summed E-state index contributed by atoms with van der Waals surface area (Å²) in [5.41, 5.74) is 1.50. The van der Waals surface area contributed by atoms with Crippen molar-refractivity contribution in [2.24, 2.45) is 0 Å². The second-order valence-corrected chi connectivity index (χ2v) is 4.86. The van der Waals surface area contributed by atoms with E-state index in [1.807, 2.05) is 6.92 Å². The summed E-state index contributed by atoms with van der Waals surface area (Å²) in [6.07, 6.45) is 0. The van der Waals surface area contributed by atoms with Crippen LogP contribution in [0.25, 0.3) is 11.1 Å². The monoisotopic (exact) mass is 287 g/mol. The molecule has 0 bridgehead atoms. The van der Waals surface area contributed by atoms with Gasteiger partial charge in [0.15, 0.2) is 11.3 Å². The number of hydrogen-bond acceptors (Lipinski definition) is 3. The number of benzene rings is 1. The number of fused-ring (bicyclic) bond motifs is 1. The van der Waals surface area contributed by atoms with E-state index in [9.17, 15) is 13.6 Å². The zero-order chi connectivity index (χ0) is 15.1. The number of hydrogen-bond donors (Lipinski definition) is 0. The number of aryl methyl sites for hydroxylation is 2. The molecule has 0 aliphatic rings. The van der Waals surface area contributed by atoms with Gasteiger partial charge < -0.3 is 4.42 Å². The number of carbonyl (C=O) groups excluding carboxylic acids is 1. The number of pyridine rings is 1. The van der Waals surface area contributed by atoms with Gasteiger partial charge in [0.2, 0.25) is 5.78 Å². The van der Waals surface area contributed by atoms with Crippen molar-refractivity contribution < 1.29 is 18.0 Å². The van der Waals surface area contributed by atoms with Crippen LogP contribution >= 0.6 is 0 Å². The molecule has 0 atom stereocenters. The summed E-state index contributed by atoms with van der Waals surface area (Å²) >= 11 is 0. The van der Waals surface area contributed by atoms with Crippen LogP contribution in [0.3, 0.4) is 0 Å². The summed E-state index contributed by atoms with van der Waals surface area (Å²) in [4.78, 5) is 16.5. The van der Waals surface area contributed by atoms with E-state index in [1.54, 1.807) is 12.1 Å². The van der Waals surface area contributed by atoms with E-state index in [-0.39, 0.29) is 16.9 Å². The Kier molecular flexibility index (Phi) is 3.05. The third-order valence-electron chi connectivity index (χ3n) is 3.23. The Morgan fingerprint density at radius 2 is 1.86 bits per heavy atom. The zero-order valence-corrected chi connectivity index (χ0v) is 11.4. The molecule has 0 amide bonds. The van der Waals surface area contributed by atoms with Crippen LogP contribution in [0.1, 0.15) is 27.4 Å². The van der Waals surface area contributed by atoms with Gasteiger partial charge in [-0.3, -0.25) is 4.79 Å². The fourth-order valence-corrected chi connectivity index (χ4v) is 2.09. The molecule has 106 valence electrons. The Labute approximate surface area is 119 Å². The van der Waals surface area contributed by atoms with E-state index < -0.39 is 17.4 Å². The van der Waals surface area contributed by atoms with Gasteiger partial charge in [0, 0.05) is 11.8 Å². The topological polar surface area (TPSA) is 43.1 Å². The maximum atomic E-state index is 13.8. The first-order chi connectivity index (χ1) is 9.95. The fraction of sp³-hybridized carbons (Fsp3) is 0.125. The third kappa shape index (κ3) is 2.31. The van der Waals surface area contributed by atoms with Crippen LogP contribution in [0, 0.1) is 25.5 Å². The molecule has 0 N–H and O–H groups in total. The van der Waals surface area contributed by atoms with E-state index in [0.717, 1.165) is 17.8 Å². The predicted octanol–water partition coefficient (Wildman–Crippen LogP) is 3.95. The van der Waals surface area contributed by atoms with Crippen LogP contribution in [0.4, 0.5) is 8.78 Å². The molecule has 0 spiro atoms. The minimum absolute atomic E-state index is 0.0646. The number of halogens is 2. The van der Waals surface area contributed by atoms with Gasteiger partial charge in [0.1, 0.15) is 17.2 Å². The van der Waals surface area contributed by atoms with Crippen LogP contribution in [-0.4, -0.2) is 10.8 Å². The lowest BCUT2D eigenvalue weighted by atomic mass is 10.1. The molecule has 0 radical (unpaired) electrons. The highest BCUT2D eigenvalue weighted by atomic mass is 19.1. The van der Waals surface area contributed by atoms with Crippen molar-refractivity contribution in [3.05, 3.63) is 64.5 Å². The molecular formula is C16H11F2NO2. The van der Waals surface area contributed by atoms with Crippen LogP contribution in [0.15, 0.2) is 34.7 Å². The molecular weight excluding hydrogens is 276 g/mol. The second kappa shape index (κ2) is 4.77. The lowest BCUT2D eigenvalue weighted by molar-refractivity contribution is 0.101. The first-order valence-corrected chi connectivity index (χ1v) is 6.33.